The van der Waals surface area contributed by atoms with Crippen LogP contribution in [0.3, 0.4) is 0 Å². The maximum atomic E-state index is 5.43. The molecule has 1 aromatic heterocycles. The van der Waals surface area contributed by atoms with Crippen LogP contribution in [0.15, 0.2) is 30.3 Å². The Morgan fingerprint density at radius 1 is 1.27 bits per heavy atom. The molecule has 0 saturated heterocycles. The lowest BCUT2D eigenvalue weighted by Crippen LogP contribution is -2.13. The first-order chi connectivity index (χ1) is 7.31. The minimum atomic E-state index is 0.619. The molecule has 0 aliphatic carbocycles. The van der Waals surface area contributed by atoms with Gasteiger partial charge in [0, 0.05) is 18.5 Å². The summed E-state index contributed by atoms with van der Waals surface area (Å²) in [6.45, 7) is 3.44. The number of para-hydroxylation sites is 1. The van der Waals surface area contributed by atoms with Gasteiger partial charge in [0.2, 0.25) is 0 Å². The number of aromatic nitrogens is 1. The first-order valence-electron chi connectivity index (χ1n) is 5.11. The van der Waals surface area contributed by atoms with Crippen molar-refractivity contribution in [3.63, 3.8) is 0 Å². The Hall–Kier alpha value is -1.61. The largest absolute Gasteiger partial charge is 0.369 e. The molecule has 0 fully saturated rings. The van der Waals surface area contributed by atoms with Gasteiger partial charge in [-0.15, -0.1) is 0 Å². The summed E-state index contributed by atoms with van der Waals surface area (Å²) in [5.41, 5.74) is 7.68. The van der Waals surface area contributed by atoms with Crippen LogP contribution in [-0.4, -0.2) is 18.1 Å². The van der Waals surface area contributed by atoms with Crippen LogP contribution in [0.25, 0.3) is 10.9 Å². The van der Waals surface area contributed by atoms with Gasteiger partial charge >= 0.3 is 0 Å². The van der Waals surface area contributed by atoms with Gasteiger partial charge in [-0.25, -0.2) is 4.98 Å². The summed E-state index contributed by atoms with van der Waals surface area (Å²) in [6, 6.07) is 10.3. The summed E-state index contributed by atoms with van der Waals surface area (Å²) in [5, 5.41) is 4.35. The average Bonchev–Trinajstić information content (AvgIpc) is 2.27. The molecule has 2 aromatic rings. The van der Waals surface area contributed by atoms with Gasteiger partial charge in [-0.3, -0.25) is 0 Å². The van der Waals surface area contributed by atoms with E-state index in [-0.39, 0.29) is 0 Å². The van der Waals surface area contributed by atoms with E-state index in [1.165, 1.54) is 10.9 Å². The van der Waals surface area contributed by atoms with Crippen molar-refractivity contribution in [2.24, 2.45) is 5.73 Å². The molecule has 0 atom stereocenters. The molecule has 0 saturated carbocycles. The standard InChI is InChI=1S/C12H15N3/c1-9-3-2-4-10-5-6-11(14-8-7-13)15-12(9)10/h2-6H,7-8,13H2,1H3,(H,14,15). The lowest BCUT2D eigenvalue weighted by molar-refractivity contribution is 1.01. The predicted octanol–water partition coefficient (Wildman–Crippen LogP) is 1.91. The highest BCUT2D eigenvalue weighted by atomic mass is 15.0. The Morgan fingerprint density at radius 2 is 2.13 bits per heavy atom. The first-order valence-corrected chi connectivity index (χ1v) is 5.11. The molecule has 0 spiro atoms. The van der Waals surface area contributed by atoms with Crippen molar-refractivity contribution < 1.29 is 0 Å². The number of nitrogens with two attached hydrogens (primary N) is 1. The number of nitrogens with zero attached hydrogens (tertiary/aromatic N) is 1. The number of hydrogen-bond donors (Lipinski definition) is 2. The molecule has 0 aliphatic heterocycles. The van der Waals surface area contributed by atoms with Gasteiger partial charge in [0.1, 0.15) is 5.82 Å². The molecule has 0 aliphatic rings. The number of anilines is 1. The second-order valence-corrected chi connectivity index (χ2v) is 3.56. The van der Waals surface area contributed by atoms with Crippen LogP contribution in [0.5, 0.6) is 0 Å². The fourth-order valence-corrected chi connectivity index (χ4v) is 1.59. The van der Waals surface area contributed by atoms with E-state index in [0.717, 1.165) is 17.9 Å². The van der Waals surface area contributed by atoms with Crippen LogP contribution in [0.1, 0.15) is 5.56 Å². The van der Waals surface area contributed by atoms with Gasteiger partial charge < -0.3 is 11.1 Å². The molecule has 0 radical (unpaired) electrons. The fraction of sp³-hybridized carbons (Fsp3) is 0.250. The minimum absolute atomic E-state index is 0.619. The maximum absolute atomic E-state index is 5.43. The molecule has 0 unspecified atom stereocenters. The molecular weight excluding hydrogens is 186 g/mol. The van der Waals surface area contributed by atoms with Crippen molar-refractivity contribution >= 4 is 16.7 Å². The molecule has 1 aromatic carbocycles. The Bertz CT molecular complexity index is 465. The van der Waals surface area contributed by atoms with E-state index in [0.29, 0.717) is 6.54 Å². The number of benzene rings is 1. The van der Waals surface area contributed by atoms with Crippen LogP contribution >= 0.6 is 0 Å². The number of aryl methyl sites for hydroxylation is 1. The van der Waals surface area contributed by atoms with Crippen LogP contribution in [0.2, 0.25) is 0 Å². The summed E-state index contributed by atoms with van der Waals surface area (Å²) in [5.74, 6) is 0.891. The molecular formula is C12H15N3. The highest BCUT2D eigenvalue weighted by Gasteiger charge is 1.99. The van der Waals surface area contributed by atoms with Crippen LogP contribution in [0, 0.1) is 6.92 Å². The third-order valence-electron chi connectivity index (χ3n) is 2.37. The molecule has 78 valence electrons. The summed E-state index contributed by atoms with van der Waals surface area (Å²) in [6.07, 6.45) is 0. The highest BCUT2D eigenvalue weighted by Crippen LogP contribution is 2.18. The van der Waals surface area contributed by atoms with Crippen molar-refractivity contribution in [3.05, 3.63) is 35.9 Å². The summed E-state index contributed by atoms with van der Waals surface area (Å²) in [4.78, 5) is 4.55. The molecule has 0 amide bonds. The third-order valence-corrected chi connectivity index (χ3v) is 2.37. The van der Waals surface area contributed by atoms with Crippen molar-refractivity contribution in [1.29, 1.82) is 0 Å². The molecule has 3 N–H and O–H groups in total. The van der Waals surface area contributed by atoms with Crippen molar-refractivity contribution in [1.82, 2.24) is 4.98 Å². The molecule has 3 heteroatoms. The maximum Gasteiger partial charge on any atom is 0.126 e. The van der Waals surface area contributed by atoms with Crippen molar-refractivity contribution in [2.45, 2.75) is 6.92 Å². The molecule has 15 heavy (non-hydrogen) atoms. The second-order valence-electron chi connectivity index (χ2n) is 3.56. The highest BCUT2D eigenvalue weighted by molar-refractivity contribution is 5.83. The van der Waals surface area contributed by atoms with E-state index < -0.39 is 0 Å². The predicted molar refractivity (Wildman–Crippen MR) is 64.0 cm³/mol. The van der Waals surface area contributed by atoms with Gasteiger partial charge in [0.25, 0.3) is 0 Å². The molecule has 1 heterocycles. The Balaban J connectivity index is 2.41. The lowest BCUT2D eigenvalue weighted by Gasteiger charge is -2.06. The topological polar surface area (TPSA) is 50.9 Å². The normalized spacial score (nSPS) is 10.5. The van der Waals surface area contributed by atoms with E-state index in [1.54, 1.807) is 0 Å². The SMILES string of the molecule is Cc1cccc2ccc(NCCN)nc12. The summed E-state index contributed by atoms with van der Waals surface area (Å²) >= 11 is 0. The van der Waals surface area contributed by atoms with E-state index in [9.17, 15) is 0 Å². The van der Waals surface area contributed by atoms with Gasteiger partial charge in [-0.1, -0.05) is 18.2 Å². The van der Waals surface area contributed by atoms with Crippen LogP contribution in [-0.2, 0) is 0 Å². The monoisotopic (exact) mass is 201 g/mol. The zero-order valence-corrected chi connectivity index (χ0v) is 8.83. The Kier molecular flexibility index (Phi) is 2.83. The number of pyridine rings is 1. The van der Waals surface area contributed by atoms with Gasteiger partial charge in [0.05, 0.1) is 5.52 Å². The Labute approximate surface area is 89.3 Å². The number of rotatable bonds is 3. The Morgan fingerprint density at radius 3 is 2.93 bits per heavy atom. The van der Waals surface area contributed by atoms with Gasteiger partial charge in [-0.05, 0) is 24.6 Å². The second kappa shape index (κ2) is 4.28. The summed E-state index contributed by atoms with van der Waals surface area (Å²) in [7, 11) is 0. The van der Waals surface area contributed by atoms with E-state index in [1.807, 2.05) is 12.1 Å². The smallest absolute Gasteiger partial charge is 0.126 e. The molecule has 2 rings (SSSR count). The number of nitrogens with one attached hydrogen (secondary N) is 1. The van der Waals surface area contributed by atoms with Crippen molar-refractivity contribution in [2.75, 3.05) is 18.4 Å². The fourth-order valence-electron chi connectivity index (χ4n) is 1.59. The number of hydrogen-bond acceptors (Lipinski definition) is 3. The van der Waals surface area contributed by atoms with Crippen molar-refractivity contribution in [3.8, 4) is 0 Å². The van der Waals surface area contributed by atoms with E-state index in [2.05, 4.69) is 35.4 Å². The summed E-state index contributed by atoms with van der Waals surface area (Å²) < 4.78 is 0. The molecule has 0 bridgehead atoms. The first kappa shape index (κ1) is 9.93. The lowest BCUT2D eigenvalue weighted by atomic mass is 10.1. The minimum Gasteiger partial charge on any atom is -0.369 e. The third kappa shape index (κ3) is 2.07. The van der Waals surface area contributed by atoms with Gasteiger partial charge in [0.15, 0.2) is 0 Å². The zero-order valence-electron chi connectivity index (χ0n) is 8.83. The van der Waals surface area contributed by atoms with Crippen LogP contribution < -0.4 is 11.1 Å². The van der Waals surface area contributed by atoms with E-state index >= 15 is 0 Å². The van der Waals surface area contributed by atoms with Gasteiger partial charge in [-0.2, -0.15) is 0 Å². The number of fused-ring (bicyclic) bond motifs is 1. The quantitative estimate of drug-likeness (QED) is 0.797. The average molecular weight is 201 g/mol. The zero-order chi connectivity index (χ0) is 10.7. The van der Waals surface area contributed by atoms with Crippen LogP contribution in [0.4, 0.5) is 5.82 Å². The molecule has 3 nitrogen and oxygen atoms in total. The van der Waals surface area contributed by atoms with E-state index in [4.69, 9.17) is 5.73 Å².